The lowest BCUT2D eigenvalue weighted by molar-refractivity contribution is -0.169. The number of hydrogen-bond acceptors (Lipinski definition) is 12. The molecule has 6 atom stereocenters. The fraction of sp³-hybridized carbons (Fsp3) is 0.438. The van der Waals surface area contributed by atoms with Crippen LogP contribution in [-0.2, 0) is 29.0 Å². The van der Waals surface area contributed by atoms with Crippen molar-refractivity contribution in [3.63, 3.8) is 0 Å². The average Bonchev–Trinajstić information content (AvgIpc) is 3.57. The third-order valence-electron chi connectivity index (χ3n) is 9.59. The van der Waals surface area contributed by atoms with Crippen molar-refractivity contribution in [2.75, 3.05) is 12.3 Å². The van der Waals surface area contributed by atoms with Gasteiger partial charge in [-0.05, 0) is 61.6 Å². The molecule has 1 saturated heterocycles. The first-order chi connectivity index (χ1) is 22.6. The molecule has 0 amide bonds. The third-order valence-corrected chi connectivity index (χ3v) is 11.2. The molecule has 246 valence electrons. The molecule has 0 bridgehead atoms. The minimum atomic E-state index is -4.41. The summed E-state index contributed by atoms with van der Waals surface area (Å²) in [6.45, 7) is 0.906. The minimum absolute atomic E-state index is 0.0995. The Balaban J connectivity index is 1.12. The number of nitrogens with zero attached hydrogens (tertiary/aromatic N) is 4. The highest BCUT2D eigenvalue weighted by Crippen LogP contribution is 2.57. The second-order valence-corrected chi connectivity index (χ2v) is 14.3. The molecule has 1 spiro atoms. The predicted molar refractivity (Wildman–Crippen MR) is 168 cm³/mol. The van der Waals surface area contributed by atoms with Crippen LogP contribution in [0.25, 0.3) is 16.3 Å². The number of fused-ring (bicyclic) bond motifs is 2. The van der Waals surface area contributed by atoms with E-state index in [4.69, 9.17) is 24.3 Å². The average molecular weight is 663 g/mol. The summed E-state index contributed by atoms with van der Waals surface area (Å²) in [5, 5.41) is 40.7. The molecule has 2 aliphatic carbocycles. The van der Waals surface area contributed by atoms with E-state index < -0.39 is 50.3 Å². The zero-order valence-electron chi connectivity index (χ0n) is 25.6. The van der Waals surface area contributed by atoms with Crippen molar-refractivity contribution in [2.24, 2.45) is 5.41 Å². The first-order valence-electron chi connectivity index (χ1n) is 15.5. The van der Waals surface area contributed by atoms with Crippen LogP contribution < -0.4 is 15.3 Å². The van der Waals surface area contributed by atoms with Gasteiger partial charge in [0.1, 0.15) is 54.1 Å². The highest BCUT2D eigenvalue weighted by atomic mass is 31.2. The maximum Gasteiger partial charge on any atom is 0.459 e. The van der Waals surface area contributed by atoms with Crippen LogP contribution in [0.2, 0.25) is 0 Å². The van der Waals surface area contributed by atoms with Gasteiger partial charge in [-0.2, -0.15) is 15.4 Å². The minimum Gasteiger partial charge on any atom is -0.461 e. The Bertz CT molecular complexity index is 1910. The van der Waals surface area contributed by atoms with Gasteiger partial charge in [-0.3, -0.25) is 9.32 Å². The highest BCUT2D eigenvalue weighted by Gasteiger charge is 2.58. The van der Waals surface area contributed by atoms with Crippen molar-refractivity contribution in [2.45, 2.75) is 75.1 Å². The number of esters is 1. The summed E-state index contributed by atoms with van der Waals surface area (Å²) in [6.07, 6.45) is 1.38. The van der Waals surface area contributed by atoms with E-state index in [2.05, 4.69) is 15.2 Å². The number of aliphatic hydroxyl groups is 2. The van der Waals surface area contributed by atoms with Gasteiger partial charge in [-0.25, -0.2) is 14.1 Å². The van der Waals surface area contributed by atoms with Crippen LogP contribution in [0, 0.1) is 16.7 Å². The van der Waals surface area contributed by atoms with Gasteiger partial charge in [0.25, 0.3) is 0 Å². The quantitative estimate of drug-likeness (QED) is 0.142. The molecule has 3 fully saturated rings. The number of ether oxygens (including phenoxy) is 2. The van der Waals surface area contributed by atoms with Crippen molar-refractivity contribution in [3.8, 4) is 11.8 Å². The second-order valence-electron chi connectivity index (χ2n) is 12.6. The normalized spacial score (nSPS) is 27.1. The molecule has 4 aromatic rings. The Hall–Kier alpha value is -4.09. The summed E-state index contributed by atoms with van der Waals surface area (Å²) in [5.41, 5.74) is 4.62. The number of nitrogens with one attached hydrogen (secondary N) is 1. The van der Waals surface area contributed by atoms with Gasteiger partial charge in [-0.1, -0.05) is 42.8 Å². The Morgan fingerprint density at radius 3 is 2.72 bits per heavy atom. The number of hydrogen-bond donors (Lipinski definition) is 4. The van der Waals surface area contributed by atoms with Crippen LogP contribution in [0.4, 0.5) is 5.82 Å². The highest BCUT2D eigenvalue weighted by molar-refractivity contribution is 7.52. The molecule has 47 heavy (non-hydrogen) atoms. The number of nitrogen functional groups attached to an aromatic ring is 1. The Morgan fingerprint density at radius 1 is 1.21 bits per heavy atom. The molecule has 2 unspecified atom stereocenters. The van der Waals surface area contributed by atoms with Gasteiger partial charge in [0, 0.05) is 5.39 Å². The first-order valence-corrected chi connectivity index (χ1v) is 17.0. The van der Waals surface area contributed by atoms with E-state index in [1.165, 1.54) is 30.3 Å². The van der Waals surface area contributed by atoms with Crippen LogP contribution >= 0.6 is 7.75 Å². The molecule has 7 rings (SSSR count). The van der Waals surface area contributed by atoms with E-state index in [-0.39, 0.29) is 23.4 Å². The van der Waals surface area contributed by atoms with E-state index in [0.29, 0.717) is 16.3 Å². The molecule has 3 aliphatic rings. The second kappa shape index (κ2) is 11.9. The summed E-state index contributed by atoms with van der Waals surface area (Å²) >= 11 is 0. The molecular weight excluding hydrogens is 627 g/mol. The van der Waals surface area contributed by atoms with E-state index >= 15 is 0 Å². The van der Waals surface area contributed by atoms with Gasteiger partial charge >= 0.3 is 13.7 Å². The summed E-state index contributed by atoms with van der Waals surface area (Å²) in [7, 11) is -4.41. The van der Waals surface area contributed by atoms with Crippen LogP contribution in [0.1, 0.15) is 44.7 Å². The zero-order valence-corrected chi connectivity index (χ0v) is 26.5. The van der Waals surface area contributed by atoms with Crippen molar-refractivity contribution in [1.82, 2.24) is 19.7 Å². The number of nitrogens with two attached hydrogens (primary N) is 1. The van der Waals surface area contributed by atoms with E-state index in [9.17, 15) is 24.8 Å². The maximum absolute atomic E-state index is 14.4. The summed E-state index contributed by atoms with van der Waals surface area (Å²) < 4.78 is 39.2. The summed E-state index contributed by atoms with van der Waals surface area (Å²) in [6, 6.07) is 16.4. The number of carbonyl (C=O) groups excluding carboxylic acids is 1. The molecular formula is C32H35N6O8P. The van der Waals surface area contributed by atoms with Gasteiger partial charge in [0.2, 0.25) is 5.60 Å². The Kier molecular flexibility index (Phi) is 7.95. The summed E-state index contributed by atoms with van der Waals surface area (Å²) in [5.74, 6) is -0.244. The number of nitriles is 1. The lowest BCUT2D eigenvalue weighted by Crippen LogP contribution is -2.49. The first kappa shape index (κ1) is 31.5. The van der Waals surface area contributed by atoms with Gasteiger partial charge in [0.15, 0.2) is 5.82 Å². The van der Waals surface area contributed by atoms with Crippen molar-refractivity contribution in [3.05, 3.63) is 66.6 Å². The molecule has 2 saturated carbocycles. The lowest BCUT2D eigenvalue weighted by Gasteiger charge is -2.53. The molecule has 2 aromatic carbocycles. The van der Waals surface area contributed by atoms with Gasteiger partial charge < -0.3 is 29.9 Å². The fourth-order valence-electron chi connectivity index (χ4n) is 6.85. The number of aliphatic hydroxyl groups excluding tert-OH is 2. The summed E-state index contributed by atoms with van der Waals surface area (Å²) in [4.78, 5) is 17.0. The molecule has 14 nitrogen and oxygen atoms in total. The molecule has 5 N–H and O–H groups in total. The molecule has 2 aromatic heterocycles. The number of benzene rings is 2. The standard InChI is InChI=1S/C32H35N6O8P/c1-19(30(41)44-21-14-31(15-21)12-5-13-31)37-47(42,46-24-9-4-7-20-6-2-3-8-22(20)24)43-16-25-27(39)28(40)32(17-33,45-25)26-11-10-23-29(34)35-18-36-38(23)26/h2-4,6-11,18-19,21,25,27-28,39-40H,5,12-16H2,1H3,(H,37,42)(H2,34,35,36)/t19-,25+,27+,28+,32?,47?/m0/s1. The number of aromatic nitrogens is 3. The third kappa shape index (κ3) is 5.53. The fourth-order valence-corrected chi connectivity index (χ4v) is 8.37. The molecule has 1 aliphatic heterocycles. The molecule has 3 heterocycles. The number of anilines is 1. The SMILES string of the molecule is C[C@H](NP(=O)(OC[C@H]1OC(C#N)(c2ccc3c(N)ncnn23)[C@H](O)[C@@H]1O)Oc1cccc2ccccc12)C(=O)OC1CC2(CCC2)C1. The topological polar surface area (TPSA) is 204 Å². The van der Waals surface area contributed by atoms with Crippen LogP contribution in [0.15, 0.2) is 60.9 Å². The van der Waals surface area contributed by atoms with Crippen LogP contribution in [0.5, 0.6) is 5.75 Å². The number of carbonyl (C=O) groups is 1. The predicted octanol–water partition coefficient (Wildman–Crippen LogP) is 3.36. The van der Waals surface area contributed by atoms with Crippen LogP contribution in [-0.4, -0.2) is 67.8 Å². The van der Waals surface area contributed by atoms with Crippen molar-refractivity contribution in [1.29, 1.82) is 5.26 Å². The van der Waals surface area contributed by atoms with Gasteiger partial charge in [-0.15, -0.1) is 0 Å². The molecule has 15 heteroatoms. The van der Waals surface area contributed by atoms with Crippen molar-refractivity contribution < 1.29 is 38.1 Å². The van der Waals surface area contributed by atoms with Gasteiger partial charge in [0.05, 0.1) is 12.3 Å². The van der Waals surface area contributed by atoms with E-state index in [1.807, 2.05) is 24.3 Å². The van der Waals surface area contributed by atoms with Crippen molar-refractivity contribution >= 4 is 35.8 Å². The smallest absolute Gasteiger partial charge is 0.459 e. The lowest BCUT2D eigenvalue weighted by atomic mass is 9.55. The Morgan fingerprint density at radius 2 is 1.98 bits per heavy atom. The monoisotopic (exact) mass is 662 g/mol. The molecule has 0 radical (unpaired) electrons. The Labute approximate surface area is 270 Å². The number of rotatable bonds is 10. The van der Waals surface area contributed by atoms with E-state index in [1.54, 1.807) is 30.3 Å². The van der Waals surface area contributed by atoms with Crippen LogP contribution in [0.3, 0.4) is 0 Å². The van der Waals surface area contributed by atoms with E-state index in [0.717, 1.165) is 31.1 Å². The maximum atomic E-state index is 14.4. The largest absolute Gasteiger partial charge is 0.461 e. The zero-order chi connectivity index (χ0) is 33.0.